The molecule has 0 unspecified atom stereocenters. The first-order valence-electron chi connectivity index (χ1n) is 1.50. The van der Waals surface area contributed by atoms with E-state index < -0.39 is 17.5 Å². The zero-order valence-electron chi connectivity index (χ0n) is 3.53. The maximum absolute atomic E-state index is 11.0. The van der Waals surface area contributed by atoms with Gasteiger partial charge in [-0.05, 0) is 0 Å². The molecule has 0 aliphatic rings. The molecule has 0 aromatic heterocycles. The second-order valence-corrected chi connectivity index (χ2v) is 1.69. The summed E-state index contributed by atoms with van der Waals surface area (Å²) in [6.07, 6.45) is -0.0296. The van der Waals surface area contributed by atoms with Crippen molar-refractivity contribution in [1.82, 2.24) is 4.72 Å². The van der Waals surface area contributed by atoms with Crippen LogP contribution in [0.5, 0.6) is 0 Å². The lowest BCUT2D eigenvalue weighted by Gasteiger charge is -1.99. The van der Waals surface area contributed by atoms with Crippen LogP contribution in [0.25, 0.3) is 0 Å². The van der Waals surface area contributed by atoms with E-state index in [1.807, 2.05) is 0 Å². The average Bonchev–Trinajstić information content (AvgIpc) is 1.59. The Bertz CT molecular complexity index is 81.8. The highest BCUT2D eigenvalue weighted by atomic mass is 32.2. The summed E-state index contributed by atoms with van der Waals surface area (Å²) >= 11 is -0.584. The monoisotopic (exact) mass is 145 g/mol. The molecule has 0 saturated heterocycles. The van der Waals surface area contributed by atoms with Gasteiger partial charge in [0.1, 0.15) is 0 Å². The van der Waals surface area contributed by atoms with Crippen LogP contribution in [0.3, 0.4) is 0 Å². The lowest BCUT2D eigenvalue weighted by atomic mass is 11.5. The zero-order chi connectivity index (χ0) is 6.62. The minimum absolute atomic E-state index is 0.0296. The van der Waals surface area contributed by atoms with Gasteiger partial charge in [0.05, 0.1) is 11.9 Å². The van der Waals surface area contributed by atoms with Crippen LogP contribution >= 0.6 is 11.9 Å². The molecule has 6 heteroatoms. The number of carbonyl (C=O) groups excluding carboxylic acids is 1. The number of alkyl halides is 3. The van der Waals surface area contributed by atoms with Crippen molar-refractivity contribution in [1.29, 1.82) is 0 Å². The van der Waals surface area contributed by atoms with Gasteiger partial charge in [-0.1, -0.05) is 0 Å². The molecule has 0 spiro atoms. The Hall–Kier alpha value is -0.390. The first kappa shape index (κ1) is 7.61. The van der Waals surface area contributed by atoms with Crippen LogP contribution < -0.4 is 4.72 Å². The fourth-order valence-corrected chi connectivity index (χ4v) is 0.273. The van der Waals surface area contributed by atoms with Gasteiger partial charge in [0.2, 0.25) is 6.41 Å². The first-order valence-corrected chi connectivity index (χ1v) is 2.32. The summed E-state index contributed by atoms with van der Waals surface area (Å²) in [6.45, 7) is 0. The number of halogens is 3. The highest BCUT2D eigenvalue weighted by Gasteiger charge is 2.28. The maximum atomic E-state index is 11.0. The molecule has 0 fully saturated rings. The Morgan fingerprint density at radius 1 is 1.50 bits per heavy atom. The van der Waals surface area contributed by atoms with Gasteiger partial charge in [-0.25, -0.2) is 0 Å². The van der Waals surface area contributed by atoms with E-state index in [0.717, 1.165) is 0 Å². The lowest BCUT2D eigenvalue weighted by molar-refractivity contribution is -0.108. The van der Waals surface area contributed by atoms with Crippen LogP contribution in [0.15, 0.2) is 0 Å². The Labute approximate surface area is 47.6 Å². The smallest absolute Gasteiger partial charge is 0.296 e. The normalized spacial score (nSPS) is 10.9. The van der Waals surface area contributed by atoms with Crippen molar-refractivity contribution >= 4 is 18.4 Å². The molecule has 1 amide bonds. The number of nitrogens with one attached hydrogen (secondary N) is 1. The molecule has 0 saturated carbocycles. The summed E-state index contributed by atoms with van der Waals surface area (Å²) in [7, 11) is 0. The first-order chi connectivity index (χ1) is 3.56. The maximum Gasteiger partial charge on any atom is 0.461 e. The van der Waals surface area contributed by atoms with E-state index in [1.54, 1.807) is 0 Å². The summed E-state index contributed by atoms with van der Waals surface area (Å²) in [5.41, 5.74) is -4.37. The molecule has 0 atom stereocenters. The Morgan fingerprint density at radius 2 is 2.00 bits per heavy atom. The quantitative estimate of drug-likeness (QED) is 0.462. The summed E-state index contributed by atoms with van der Waals surface area (Å²) < 4.78 is 34.4. The molecule has 0 radical (unpaired) electrons. The standard InChI is InChI=1S/C2H2F3NOS/c3-2(4,5)8-6-1-7/h1H,(H,6,7). The molecule has 2 nitrogen and oxygen atoms in total. The third kappa shape index (κ3) is 5.61. The molecule has 8 heavy (non-hydrogen) atoms. The van der Waals surface area contributed by atoms with Crippen molar-refractivity contribution in [2.45, 2.75) is 5.51 Å². The van der Waals surface area contributed by atoms with Gasteiger partial charge in [-0.3, -0.25) is 9.52 Å². The molecule has 0 aliphatic heterocycles. The van der Waals surface area contributed by atoms with Crippen LogP contribution in [-0.2, 0) is 4.79 Å². The van der Waals surface area contributed by atoms with Crippen LogP contribution in [0, 0.1) is 0 Å². The van der Waals surface area contributed by atoms with Crippen molar-refractivity contribution in [3.63, 3.8) is 0 Å². The molecule has 0 aliphatic carbocycles. The summed E-state index contributed by atoms with van der Waals surface area (Å²) in [5.74, 6) is 0. The Kier molecular flexibility index (Phi) is 2.67. The van der Waals surface area contributed by atoms with Crippen molar-refractivity contribution < 1.29 is 18.0 Å². The molecule has 0 rings (SSSR count). The highest BCUT2D eigenvalue weighted by Crippen LogP contribution is 2.26. The van der Waals surface area contributed by atoms with Gasteiger partial charge in [0.25, 0.3) is 0 Å². The van der Waals surface area contributed by atoms with Gasteiger partial charge in [-0.15, -0.1) is 0 Å². The van der Waals surface area contributed by atoms with E-state index in [9.17, 15) is 18.0 Å². The van der Waals surface area contributed by atoms with Crippen LogP contribution in [0.2, 0.25) is 0 Å². The molecule has 0 aromatic carbocycles. The molecule has 0 aromatic rings. The van der Waals surface area contributed by atoms with E-state index in [0.29, 0.717) is 0 Å². The van der Waals surface area contributed by atoms with E-state index in [2.05, 4.69) is 0 Å². The van der Waals surface area contributed by atoms with Crippen LogP contribution in [0.1, 0.15) is 0 Å². The predicted molar refractivity (Wildman–Crippen MR) is 22.8 cm³/mol. The molecule has 0 heterocycles. The molecule has 1 N–H and O–H groups in total. The number of hydrogen-bond donors (Lipinski definition) is 1. The van der Waals surface area contributed by atoms with E-state index >= 15 is 0 Å². The third-order valence-corrected chi connectivity index (χ3v) is 0.668. The number of rotatable bonds is 2. The molecule has 0 bridgehead atoms. The second-order valence-electron chi connectivity index (χ2n) is 0.784. The largest absolute Gasteiger partial charge is 0.461 e. The fraction of sp³-hybridized carbons (Fsp3) is 0.500. The SMILES string of the molecule is O=CNSC(F)(F)F. The summed E-state index contributed by atoms with van der Waals surface area (Å²) in [5, 5.41) is 0. The minimum Gasteiger partial charge on any atom is -0.296 e. The average molecular weight is 145 g/mol. The van der Waals surface area contributed by atoms with E-state index in [1.165, 1.54) is 4.72 Å². The Balaban J connectivity index is 3.24. The zero-order valence-corrected chi connectivity index (χ0v) is 4.34. The molecular formula is C2H2F3NOS. The topological polar surface area (TPSA) is 29.1 Å². The van der Waals surface area contributed by atoms with Crippen LogP contribution in [-0.4, -0.2) is 11.9 Å². The predicted octanol–water partition coefficient (Wildman–Crippen LogP) is 0.900. The summed E-state index contributed by atoms with van der Waals surface area (Å²) in [6, 6.07) is 0. The fourth-order valence-electron chi connectivity index (χ4n) is 0.0909. The van der Waals surface area contributed by atoms with Crippen LogP contribution in [0.4, 0.5) is 13.2 Å². The van der Waals surface area contributed by atoms with Crippen molar-refractivity contribution in [3.05, 3.63) is 0 Å². The van der Waals surface area contributed by atoms with Gasteiger partial charge in [0, 0.05) is 0 Å². The van der Waals surface area contributed by atoms with Crippen molar-refractivity contribution in [3.8, 4) is 0 Å². The second kappa shape index (κ2) is 2.81. The number of amides is 1. The highest BCUT2D eigenvalue weighted by molar-refractivity contribution is 7.98. The third-order valence-electron chi connectivity index (χ3n) is 0.223. The lowest BCUT2D eigenvalue weighted by Crippen LogP contribution is -2.10. The number of carbonyl (C=O) groups is 1. The van der Waals surface area contributed by atoms with E-state index in [4.69, 9.17) is 0 Å². The Morgan fingerprint density at radius 3 is 2.12 bits per heavy atom. The van der Waals surface area contributed by atoms with Crippen molar-refractivity contribution in [2.24, 2.45) is 0 Å². The molecule has 48 valence electrons. The minimum atomic E-state index is -4.37. The van der Waals surface area contributed by atoms with Gasteiger partial charge in [-0.2, -0.15) is 13.2 Å². The van der Waals surface area contributed by atoms with Crippen molar-refractivity contribution in [2.75, 3.05) is 0 Å². The van der Waals surface area contributed by atoms with Gasteiger partial charge in [0.15, 0.2) is 0 Å². The summed E-state index contributed by atoms with van der Waals surface area (Å²) in [4.78, 5) is 9.22. The molecular weight excluding hydrogens is 143 g/mol. The van der Waals surface area contributed by atoms with E-state index in [-0.39, 0.29) is 6.41 Å². The van der Waals surface area contributed by atoms with Gasteiger partial charge >= 0.3 is 5.51 Å². The number of hydrogen-bond acceptors (Lipinski definition) is 2. The van der Waals surface area contributed by atoms with Gasteiger partial charge < -0.3 is 0 Å².